The molecule has 30 heavy (non-hydrogen) atoms. The molecule has 2 aromatic heterocycles. The topological polar surface area (TPSA) is 59.7 Å². The number of aromatic nitrogens is 3. The van der Waals surface area contributed by atoms with Crippen LogP contribution in [0.15, 0.2) is 36.4 Å². The number of amides is 1. The minimum Gasteiger partial charge on any atom is -0.497 e. The van der Waals surface area contributed by atoms with Crippen LogP contribution in [0.2, 0.25) is 0 Å². The minimum absolute atomic E-state index is 0.0955. The van der Waals surface area contributed by atoms with Crippen LogP contribution in [-0.4, -0.2) is 45.6 Å². The third-order valence-corrected chi connectivity index (χ3v) is 5.40. The van der Waals surface area contributed by atoms with Crippen molar-refractivity contribution in [2.45, 2.75) is 31.9 Å². The van der Waals surface area contributed by atoms with Gasteiger partial charge >= 0.3 is 6.18 Å². The van der Waals surface area contributed by atoms with E-state index in [9.17, 15) is 18.0 Å². The smallest absolute Gasteiger partial charge is 0.433 e. The molecule has 4 rings (SSSR count). The molecule has 1 amide bonds. The SMILES string of the molecule is COc1ccc(C(=O)N2CCC(c3cc(C(F)(F)F)n4nc(C)cc4n3)CC2)cc1. The van der Waals surface area contributed by atoms with Gasteiger partial charge < -0.3 is 9.64 Å². The summed E-state index contributed by atoms with van der Waals surface area (Å²) in [5.41, 5.74) is 0.792. The third kappa shape index (κ3) is 3.83. The van der Waals surface area contributed by atoms with E-state index in [1.165, 1.54) is 0 Å². The lowest BCUT2D eigenvalue weighted by Gasteiger charge is -2.32. The lowest BCUT2D eigenvalue weighted by atomic mass is 9.92. The lowest BCUT2D eigenvalue weighted by molar-refractivity contribution is -0.142. The summed E-state index contributed by atoms with van der Waals surface area (Å²) in [6.07, 6.45) is -3.43. The van der Waals surface area contributed by atoms with Crippen molar-refractivity contribution in [1.29, 1.82) is 0 Å². The normalized spacial score (nSPS) is 15.6. The Morgan fingerprint density at radius 1 is 1.13 bits per heavy atom. The van der Waals surface area contributed by atoms with Gasteiger partial charge in [0, 0.05) is 36.3 Å². The van der Waals surface area contributed by atoms with Crippen molar-refractivity contribution in [3.63, 3.8) is 0 Å². The van der Waals surface area contributed by atoms with Gasteiger partial charge in [-0.2, -0.15) is 18.3 Å². The molecule has 0 atom stereocenters. The minimum atomic E-state index is -4.53. The number of hydrogen-bond donors (Lipinski definition) is 0. The first-order valence-electron chi connectivity index (χ1n) is 9.64. The van der Waals surface area contributed by atoms with Crippen LogP contribution in [0.4, 0.5) is 13.2 Å². The van der Waals surface area contributed by atoms with E-state index in [2.05, 4.69) is 10.1 Å². The first kappa shape index (κ1) is 20.2. The maximum Gasteiger partial charge on any atom is 0.433 e. The van der Waals surface area contributed by atoms with E-state index in [4.69, 9.17) is 4.74 Å². The van der Waals surface area contributed by atoms with Gasteiger partial charge in [0.25, 0.3) is 5.91 Å². The zero-order valence-electron chi connectivity index (χ0n) is 16.6. The monoisotopic (exact) mass is 418 g/mol. The number of methoxy groups -OCH3 is 1. The molecule has 158 valence electrons. The molecular formula is C21H21F3N4O2. The predicted molar refractivity (Wildman–Crippen MR) is 104 cm³/mol. The van der Waals surface area contributed by atoms with Crippen LogP contribution in [0.5, 0.6) is 5.75 Å². The number of alkyl halides is 3. The standard InChI is InChI=1S/C21H21F3N4O2/c1-13-11-19-25-17(12-18(21(22,23)24)28(19)26-13)14-7-9-27(10-8-14)20(29)15-3-5-16(30-2)6-4-15/h3-6,11-12,14H,7-10H2,1-2H3. The van der Waals surface area contributed by atoms with E-state index < -0.39 is 11.9 Å². The fourth-order valence-electron chi connectivity index (χ4n) is 3.81. The Balaban J connectivity index is 1.52. The second-order valence-corrected chi connectivity index (χ2v) is 7.41. The van der Waals surface area contributed by atoms with Crippen molar-refractivity contribution in [3.05, 3.63) is 59.0 Å². The van der Waals surface area contributed by atoms with Crippen molar-refractivity contribution < 1.29 is 22.7 Å². The lowest BCUT2D eigenvalue weighted by Crippen LogP contribution is -2.38. The first-order chi connectivity index (χ1) is 14.3. The fourth-order valence-corrected chi connectivity index (χ4v) is 3.81. The van der Waals surface area contributed by atoms with Crippen LogP contribution in [0.25, 0.3) is 5.65 Å². The number of likely N-dealkylation sites (tertiary alicyclic amines) is 1. The highest BCUT2D eigenvalue weighted by molar-refractivity contribution is 5.94. The van der Waals surface area contributed by atoms with E-state index in [-0.39, 0.29) is 17.5 Å². The summed E-state index contributed by atoms with van der Waals surface area (Å²) in [5.74, 6) is 0.426. The molecule has 0 unspecified atom stereocenters. The van der Waals surface area contributed by atoms with Crippen LogP contribution in [0, 0.1) is 6.92 Å². The average Bonchev–Trinajstić information content (AvgIpc) is 3.12. The summed E-state index contributed by atoms with van der Waals surface area (Å²) in [6, 6.07) is 9.50. The molecule has 0 aliphatic carbocycles. The Bertz CT molecular complexity index is 1070. The van der Waals surface area contributed by atoms with E-state index in [1.54, 1.807) is 49.3 Å². The zero-order chi connectivity index (χ0) is 21.5. The van der Waals surface area contributed by atoms with Crippen LogP contribution >= 0.6 is 0 Å². The van der Waals surface area contributed by atoms with E-state index in [1.807, 2.05) is 0 Å². The molecule has 6 nitrogen and oxygen atoms in total. The summed E-state index contributed by atoms with van der Waals surface area (Å²) in [5, 5.41) is 3.92. The highest BCUT2D eigenvalue weighted by Crippen LogP contribution is 2.34. The molecule has 3 heterocycles. The molecule has 0 saturated carbocycles. The van der Waals surface area contributed by atoms with Crippen LogP contribution in [0.3, 0.4) is 0 Å². The summed E-state index contributed by atoms with van der Waals surface area (Å²) in [4.78, 5) is 18.9. The van der Waals surface area contributed by atoms with Gasteiger partial charge in [-0.25, -0.2) is 9.50 Å². The molecular weight excluding hydrogens is 397 g/mol. The predicted octanol–water partition coefficient (Wildman–Crippen LogP) is 4.08. The van der Waals surface area contributed by atoms with Gasteiger partial charge in [0.05, 0.1) is 12.8 Å². The highest BCUT2D eigenvalue weighted by Gasteiger charge is 2.36. The number of carbonyl (C=O) groups is 1. The second-order valence-electron chi connectivity index (χ2n) is 7.41. The number of rotatable bonds is 3. The average molecular weight is 418 g/mol. The molecule has 9 heteroatoms. The van der Waals surface area contributed by atoms with Crippen molar-refractivity contribution in [3.8, 4) is 5.75 Å². The number of aryl methyl sites for hydroxylation is 1. The molecule has 1 aliphatic heterocycles. The molecule has 0 spiro atoms. The largest absolute Gasteiger partial charge is 0.497 e. The summed E-state index contributed by atoms with van der Waals surface area (Å²) >= 11 is 0. The summed E-state index contributed by atoms with van der Waals surface area (Å²) < 4.78 is 46.6. The number of fused-ring (bicyclic) bond motifs is 1. The number of hydrogen-bond acceptors (Lipinski definition) is 4. The maximum absolute atomic E-state index is 13.5. The number of piperidine rings is 1. The molecule has 1 aromatic carbocycles. The molecule has 0 radical (unpaired) electrons. The van der Waals surface area contributed by atoms with Gasteiger partial charge in [-0.3, -0.25) is 4.79 Å². The quantitative estimate of drug-likeness (QED) is 0.643. The van der Waals surface area contributed by atoms with E-state index in [0.29, 0.717) is 48.6 Å². The van der Waals surface area contributed by atoms with Crippen molar-refractivity contribution in [2.24, 2.45) is 0 Å². The van der Waals surface area contributed by atoms with Gasteiger partial charge in [-0.1, -0.05) is 0 Å². The molecule has 1 saturated heterocycles. The van der Waals surface area contributed by atoms with E-state index >= 15 is 0 Å². The molecule has 3 aromatic rings. The first-order valence-corrected chi connectivity index (χ1v) is 9.64. The van der Waals surface area contributed by atoms with Crippen LogP contribution in [0.1, 0.15) is 46.2 Å². The van der Waals surface area contributed by atoms with Gasteiger partial charge in [-0.05, 0) is 50.1 Å². The highest BCUT2D eigenvalue weighted by atomic mass is 19.4. The number of carbonyl (C=O) groups excluding carboxylic acids is 1. The Kier molecular flexibility index (Phi) is 5.13. The molecule has 0 bridgehead atoms. The van der Waals surface area contributed by atoms with Gasteiger partial charge in [0.15, 0.2) is 5.65 Å². The van der Waals surface area contributed by atoms with Gasteiger partial charge in [0.2, 0.25) is 0 Å². The summed E-state index contributed by atoms with van der Waals surface area (Å²) in [7, 11) is 1.56. The third-order valence-electron chi connectivity index (χ3n) is 5.40. The number of benzene rings is 1. The fraction of sp³-hybridized carbons (Fsp3) is 0.381. The van der Waals surface area contributed by atoms with Gasteiger partial charge in [-0.15, -0.1) is 0 Å². The van der Waals surface area contributed by atoms with Crippen molar-refractivity contribution >= 4 is 11.6 Å². The number of nitrogens with zero attached hydrogens (tertiary/aromatic N) is 4. The van der Waals surface area contributed by atoms with Crippen molar-refractivity contribution in [2.75, 3.05) is 20.2 Å². The Morgan fingerprint density at radius 2 is 1.80 bits per heavy atom. The van der Waals surface area contributed by atoms with E-state index in [0.717, 1.165) is 10.6 Å². The zero-order valence-corrected chi connectivity index (χ0v) is 16.6. The molecule has 1 aliphatic rings. The van der Waals surface area contributed by atoms with Gasteiger partial charge in [0.1, 0.15) is 11.4 Å². The van der Waals surface area contributed by atoms with Crippen molar-refractivity contribution in [1.82, 2.24) is 19.5 Å². The molecule has 1 fully saturated rings. The second kappa shape index (κ2) is 7.62. The summed E-state index contributed by atoms with van der Waals surface area (Å²) in [6.45, 7) is 2.56. The van der Waals surface area contributed by atoms with Crippen LogP contribution < -0.4 is 4.74 Å². The Morgan fingerprint density at radius 3 is 2.40 bits per heavy atom. The maximum atomic E-state index is 13.5. The number of ether oxygens (including phenoxy) is 1. The Labute approximate surface area is 171 Å². The Hall–Kier alpha value is -3.10. The number of halogens is 3. The van der Waals surface area contributed by atoms with Crippen LogP contribution in [-0.2, 0) is 6.18 Å². The molecule has 0 N–H and O–H groups in total.